The monoisotopic (exact) mass is 371 g/mol. The third kappa shape index (κ3) is 2.58. The van der Waals surface area contributed by atoms with Crippen LogP contribution in [0.5, 0.6) is 0 Å². The number of benzene rings is 3. The first-order chi connectivity index (χ1) is 13.4. The van der Waals surface area contributed by atoms with Crippen LogP contribution >= 0.6 is 0 Å². The van der Waals surface area contributed by atoms with Gasteiger partial charge in [0.25, 0.3) is 0 Å². The van der Waals surface area contributed by atoms with E-state index in [1.807, 2.05) is 42.5 Å². The summed E-state index contributed by atoms with van der Waals surface area (Å²) < 4.78 is 18.7. The highest BCUT2D eigenvalue weighted by atomic mass is 16.7. The zero-order valence-electron chi connectivity index (χ0n) is 16.5. The number of nitrogens with zero attached hydrogens (tertiary/aromatic N) is 1. The Bertz CT molecular complexity index is 1170. The molecule has 5 rings (SSSR count). The number of oxazole rings is 1. The first-order valence-electron chi connectivity index (χ1n) is 9.59. The van der Waals surface area contributed by atoms with Crippen molar-refractivity contribution in [2.24, 2.45) is 0 Å². The van der Waals surface area contributed by atoms with Crippen molar-refractivity contribution in [3.05, 3.63) is 60.7 Å². The third-order valence-corrected chi connectivity index (χ3v) is 5.97. The smallest absolute Gasteiger partial charge is 0.436 e. The molecular weight excluding hydrogens is 349 g/mol. The zero-order valence-corrected chi connectivity index (χ0v) is 16.5. The van der Waals surface area contributed by atoms with Gasteiger partial charge in [0.15, 0.2) is 5.58 Å². The van der Waals surface area contributed by atoms with Gasteiger partial charge in [-0.15, -0.1) is 0 Å². The van der Waals surface area contributed by atoms with Crippen LogP contribution in [0.3, 0.4) is 0 Å². The molecule has 0 bridgehead atoms. The minimum atomic E-state index is -0.484. The summed E-state index contributed by atoms with van der Waals surface area (Å²) in [5.41, 5.74) is 2.56. The second-order valence-electron chi connectivity index (χ2n) is 8.33. The van der Waals surface area contributed by atoms with Crippen molar-refractivity contribution >= 4 is 34.5 Å². The fraction of sp³-hybridized carbons (Fsp3) is 0.261. The lowest BCUT2D eigenvalue weighted by atomic mass is 9.78. The molecule has 1 fully saturated rings. The van der Waals surface area contributed by atoms with Crippen LogP contribution in [0.15, 0.2) is 65.1 Å². The van der Waals surface area contributed by atoms with E-state index in [-0.39, 0.29) is 0 Å². The predicted molar refractivity (Wildman–Crippen MR) is 113 cm³/mol. The highest BCUT2D eigenvalue weighted by molar-refractivity contribution is 6.64. The van der Waals surface area contributed by atoms with Crippen LogP contribution in [-0.2, 0) is 9.31 Å². The summed E-state index contributed by atoms with van der Waals surface area (Å²) in [4.78, 5) is 4.76. The average Bonchev–Trinajstić information content (AvgIpc) is 3.19. The number of rotatable bonds is 2. The second-order valence-corrected chi connectivity index (χ2v) is 8.33. The van der Waals surface area contributed by atoms with Gasteiger partial charge in [0, 0.05) is 11.0 Å². The Morgan fingerprint density at radius 2 is 1.46 bits per heavy atom. The quantitative estimate of drug-likeness (QED) is 0.468. The topological polar surface area (TPSA) is 44.5 Å². The van der Waals surface area contributed by atoms with Crippen LogP contribution in [0.4, 0.5) is 0 Å². The van der Waals surface area contributed by atoms with Gasteiger partial charge in [-0.25, -0.2) is 4.98 Å². The summed E-state index contributed by atoms with van der Waals surface area (Å²) in [6.07, 6.45) is 0. The van der Waals surface area contributed by atoms with Gasteiger partial charge in [-0.2, -0.15) is 0 Å². The van der Waals surface area contributed by atoms with E-state index >= 15 is 0 Å². The minimum absolute atomic E-state index is 0.404. The average molecular weight is 371 g/mol. The van der Waals surface area contributed by atoms with Crippen LogP contribution in [0.1, 0.15) is 27.7 Å². The van der Waals surface area contributed by atoms with E-state index in [0.29, 0.717) is 11.5 Å². The largest absolute Gasteiger partial charge is 0.498 e. The van der Waals surface area contributed by atoms with Crippen molar-refractivity contribution in [2.45, 2.75) is 38.9 Å². The fourth-order valence-corrected chi connectivity index (χ4v) is 3.65. The van der Waals surface area contributed by atoms with E-state index < -0.39 is 18.3 Å². The lowest BCUT2D eigenvalue weighted by molar-refractivity contribution is 0.00578. The molecule has 0 N–H and O–H groups in total. The van der Waals surface area contributed by atoms with E-state index in [1.165, 1.54) is 0 Å². The molecule has 3 aromatic carbocycles. The van der Waals surface area contributed by atoms with Gasteiger partial charge < -0.3 is 13.7 Å². The first-order valence-corrected chi connectivity index (χ1v) is 9.59. The van der Waals surface area contributed by atoms with Crippen LogP contribution in [-0.4, -0.2) is 23.3 Å². The van der Waals surface area contributed by atoms with Crippen molar-refractivity contribution in [3.63, 3.8) is 0 Å². The zero-order chi connectivity index (χ0) is 19.5. The molecule has 5 heteroatoms. The fourth-order valence-electron chi connectivity index (χ4n) is 3.65. The van der Waals surface area contributed by atoms with Crippen LogP contribution < -0.4 is 5.46 Å². The van der Waals surface area contributed by atoms with Crippen molar-refractivity contribution in [3.8, 4) is 11.5 Å². The molecule has 0 spiro atoms. The van der Waals surface area contributed by atoms with E-state index in [2.05, 4.69) is 45.9 Å². The summed E-state index contributed by atoms with van der Waals surface area (Å²) in [6, 6.07) is 20.3. The Morgan fingerprint density at radius 3 is 2.25 bits per heavy atom. The Labute approximate surface area is 164 Å². The SMILES string of the molecule is CC1(C)OB(c2cccc3nc(-c4cccc5ccccc45)oc23)OC1(C)C. The maximum absolute atomic E-state index is 6.27. The number of hydrogen-bond acceptors (Lipinski definition) is 4. The Kier molecular flexibility index (Phi) is 3.70. The molecule has 1 aliphatic heterocycles. The number of hydrogen-bond donors (Lipinski definition) is 0. The molecule has 1 aliphatic rings. The summed E-state index contributed by atoms with van der Waals surface area (Å²) in [6.45, 7) is 8.20. The van der Waals surface area contributed by atoms with E-state index in [0.717, 1.165) is 27.3 Å². The van der Waals surface area contributed by atoms with Gasteiger partial charge in [-0.3, -0.25) is 0 Å². The molecular formula is C23H22BNO3. The van der Waals surface area contributed by atoms with Gasteiger partial charge in [-0.1, -0.05) is 48.5 Å². The lowest BCUT2D eigenvalue weighted by Crippen LogP contribution is -2.41. The van der Waals surface area contributed by atoms with E-state index in [9.17, 15) is 0 Å². The van der Waals surface area contributed by atoms with Gasteiger partial charge >= 0.3 is 7.12 Å². The molecule has 1 aromatic heterocycles. The third-order valence-electron chi connectivity index (χ3n) is 5.97. The summed E-state index contributed by atoms with van der Waals surface area (Å²) in [5.74, 6) is 0.607. The number of fused-ring (bicyclic) bond motifs is 2. The second kappa shape index (κ2) is 5.93. The summed E-state index contributed by atoms with van der Waals surface area (Å²) in [7, 11) is -0.484. The van der Waals surface area contributed by atoms with Gasteiger partial charge in [-0.05, 0) is 50.6 Å². The molecule has 1 saturated heterocycles. The van der Waals surface area contributed by atoms with E-state index in [4.69, 9.17) is 18.7 Å². The Hall–Kier alpha value is -2.63. The van der Waals surface area contributed by atoms with E-state index in [1.54, 1.807) is 0 Å². The maximum atomic E-state index is 6.27. The molecule has 0 atom stereocenters. The maximum Gasteiger partial charge on any atom is 0.498 e. The molecule has 140 valence electrons. The van der Waals surface area contributed by atoms with Gasteiger partial charge in [0.2, 0.25) is 5.89 Å². The standard InChI is InChI=1S/C23H22BNO3/c1-22(2)23(3,4)28-24(27-22)18-13-8-14-19-20(18)26-21(25-19)17-12-7-10-15-9-5-6-11-16(15)17/h5-14H,1-4H3. The molecule has 4 nitrogen and oxygen atoms in total. The number of para-hydroxylation sites is 1. The normalized spacial score (nSPS) is 18.2. The molecule has 0 aliphatic carbocycles. The van der Waals surface area contributed by atoms with Crippen LogP contribution in [0, 0.1) is 0 Å². The highest BCUT2D eigenvalue weighted by Gasteiger charge is 2.52. The van der Waals surface area contributed by atoms with Crippen molar-refractivity contribution in [2.75, 3.05) is 0 Å². The molecule has 2 heterocycles. The highest BCUT2D eigenvalue weighted by Crippen LogP contribution is 2.37. The number of aromatic nitrogens is 1. The molecule has 0 unspecified atom stereocenters. The molecule has 0 radical (unpaired) electrons. The van der Waals surface area contributed by atoms with Crippen molar-refractivity contribution in [1.82, 2.24) is 4.98 Å². The van der Waals surface area contributed by atoms with Crippen LogP contribution in [0.25, 0.3) is 33.3 Å². The minimum Gasteiger partial charge on any atom is -0.436 e. The molecule has 0 saturated carbocycles. The Morgan fingerprint density at radius 1 is 0.786 bits per heavy atom. The Balaban J connectivity index is 1.65. The summed E-state index contributed by atoms with van der Waals surface area (Å²) in [5, 5.41) is 2.28. The lowest BCUT2D eigenvalue weighted by Gasteiger charge is -2.32. The van der Waals surface area contributed by atoms with Crippen LogP contribution in [0.2, 0.25) is 0 Å². The summed E-state index contributed by atoms with van der Waals surface area (Å²) >= 11 is 0. The first kappa shape index (κ1) is 17.5. The predicted octanol–water partition coefficient (Wildman–Crippen LogP) is 4.95. The van der Waals surface area contributed by atoms with Gasteiger partial charge in [0.1, 0.15) is 5.52 Å². The molecule has 28 heavy (non-hydrogen) atoms. The van der Waals surface area contributed by atoms with Gasteiger partial charge in [0.05, 0.1) is 11.2 Å². The van der Waals surface area contributed by atoms with Crippen molar-refractivity contribution < 1.29 is 13.7 Å². The molecule has 4 aromatic rings. The van der Waals surface area contributed by atoms with Crippen molar-refractivity contribution in [1.29, 1.82) is 0 Å². The molecule has 0 amide bonds.